The number of aromatic nitrogens is 2. The highest BCUT2D eigenvalue weighted by atomic mass is 16.2. The third kappa shape index (κ3) is 2.93. The van der Waals surface area contributed by atoms with Crippen LogP contribution in [0.2, 0.25) is 0 Å². The van der Waals surface area contributed by atoms with Gasteiger partial charge in [-0.15, -0.1) is 0 Å². The van der Waals surface area contributed by atoms with Crippen LogP contribution in [0.15, 0.2) is 33.9 Å². The van der Waals surface area contributed by atoms with Gasteiger partial charge in [0.1, 0.15) is 6.54 Å². The lowest BCUT2D eigenvalue weighted by Crippen LogP contribution is -2.43. The first-order chi connectivity index (χ1) is 11.1. The standard InChI is InChI=1S/C17H21N3O3/c1-2-19-16(22)13-9-5-6-10-14(13)20(17(19)23)11-15(21)18-12-7-3-4-8-12/h5-6,9-10,12H,2-4,7-8,11H2,1H3,(H,18,21). The van der Waals surface area contributed by atoms with E-state index in [-0.39, 0.29) is 30.6 Å². The summed E-state index contributed by atoms with van der Waals surface area (Å²) < 4.78 is 2.57. The van der Waals surface area contributed by atoms with Gasteiger partial charge in [0, 0.05) is 12.6 Å². The van der Waals surface area contributed by atoms with Gasteiger partial charge >= 0.3 is 5.69 Å². The Hall–Kier alpha value is -2.37. The normalized spacial score (nSPS) is 15.2. The van der Waals surface area contributed by atoms with E-state index >= 15 is 0 Å². The number of rotatable bonds is 4. The van der Waals surface area contributed by atoms with Crippen LogP contribution in [-0.4, -0.2) is 21.1 Å². The first-order valence-corrected chi connectivity index (χ1v) is 8.13. The highest BCUT2D eigenvalue weighted by molar-refractivity contribution is 5.81. The van der Waals surface area contributed by atoms with Crippen molar-refractivity contribution in [1.29, 1.82) is 0 Å². The van der Waals surface area contributed by atoms with E-state index in [0.717, 1.165) is 25.7 Å². The van der Waals surface area contributed by atoms with E-state index < -0.39 is 5.69 Å². The van der Waals surface area contributed by atoms with Crippen LogP contribution in [0.25, 0.3) is 10.9 Å². The third-order valence-electron chi connectivity index (χ3n) is 4.47. The van der Waals surface area contributed by atoms with Crippen molar-refractivity contribution in [3.63, 3.8) is 0 Å². The second-order valence-electron chi connectivity index (χ2n) is 5.98. The second kappa shape index (κ2) is 6.40. The van der Waals surface area contributed by atoms with Gasteiger partial charge in [0.05, 0.1) is 10.9 Å². The Bertz CT molecular complexity index is 844. The van der Waals surface area contributed by atoms with Crippen molar-refractivity contribution in [3.05, 3.63) is 45.1 Å². The van der Waals surface area contributed by atoms with Crippen LogP contribution in [0.5, 0.6) is 0 Å². The van der Waals surface area contributed by atoms with Crippen molar-refractivity contribution in [3.8, 4) is 0 Å². The molecule has 1 aromatic heterocycles. The fraction of sp³-hybridized carbons (Fsp3) is 0.471. The molecule has 1 heterocycles. The number of nitrogens with one attached hydrogen (secondary N) is 1. The number of carbonyl (C=O) groups excluding carboxylic acids is 1. The Balaban J connectivity index is 2.00. The largest absolute Gasteiger partial charge is 0.352 e. The molecule has 0 bridgehead atoms. The first kappa shape index (κ1) is 15.5. The monoisotopic (exact) mass is 315 g/mol. The van der Waals surface area contributed by atoms with Crippen molar-refractivity contribution < 1.29 is 4.79 Å². The molecule has 6 nitrogen and oxygen atoms in total. The molecule has 1 aliphatic carbocycles. The molecule has 2 aromatic rings. The fourth-order valence-corrected chi connectivity index (χ4v) is 3.29. The number of para-hydroxylation sites is 1. The number of amides is 1. The Morgan fingerprint density at radius 3 is 2.57 bits per heavy atom. The summed E-state index contributed by atoms with van der Waals surface area (Å²) >= 11 is 0. The molecule has 122 valence electrons. The minimum Gasteiger partial charge on any atom is -0.352 e. The summed E-state index contributed by atoms with van der Waals surface area (Å²) in [7, 11) is 0. The van der Waals surface area contributed by atoms with Crippen LogP contribution in [0.4, 0.5) is 0 Å². The average molecular weight is 315 g/mol. The van der Waals surface area contributed by atoms with Crippen LogP contribution >= 0.6 is 0 Å². The molecule has 0 unspecified atom stereocenters. The summed E-state index contributed by atoms with van der Waals surface area (Å²) in [5, 5.41) is 3.45. The predicted molar refractivity (Wildman–Crippen MR) is 88.5 cm³/mol. The lowest BCUT2D eigenvalue weighted by Gasteiger charge is -2.15. The fourth-order valence-electron chi connectivity index (χ4n) is 3.29. The number of carbonyl (C=O) groups is 1. The molecule has 1 aromatic carbocycles. The lowest BCUT2D eigenvalue weighted by molar-refractivity contribution is -0.122. The summed E-state index contributed by atoms with van der Waals surface area (Å²) in [6, 6.07) is 7.14. The molecule has 1 saturated carbocycles. The highest BCUT2D eigenvalue weighted by Crippen LogP contribution is 2.17. The van der Waals surface area contributed by atoms with E-state index in [2.05, 4.69) is 5.32 Å². The van der Waals surface area contributed by atoms with E-state index in [1.54, 1.807) is 31.2 Å². The van der Waals surface area contributed by atoms with E-state index in [1.165, 1.54) is 9.13 Å². The molecular formula is C17H21N3O3. The molecule has 0 radical (unpaired) electrons. The molecule has 0 atom stereocenters. The number of hydrogen-bond donors (Lipinski definition) is 1. The molecule has 1 aliphatic rings. The van der Waals surface area contributed by atoms with Gasteiger partial charge in [0.2, 0.25) is 5.91 Å². The molecule has 1 fully saturated rings. The van der Waals surface area contributed by atoms with E-state index in [4.69, 9.17) is 0 Å². The third-order valence-corrected chi connectivity index (χ3v) is 4.47. The summed E-state index contributed by atoms with van der Waals surface area (Å²) in [5.74, 6) is -0.176. The van der Waals surface area contributed by atoms with Gasteiger partial charge in [-0.1, -0.05) is 25.0 Å². The SMILES string of the molecule is CCn1c(=O)c2ccccc2n(CC(=O)NC2CCCC2)c1=O. The molecule has 1 amide bonds. The van der Waals surface area contributed by atoms with Crippen LogP contribution in [0.3, 0.4) is 0 Å². The van der Waals surface area contributed by atoms with Crippen LogP contribution in [-0.2, 0) is 17.9 Å². The van der Waals surface area contributed by atoms with E-state index in [0.29, 0.717) is 10.9 Å². The van der Waals surface area contributed by atoms with Crippen molar-refractivity contribution in [2.45, 2.75) is 51.7 Å². The van der Waals surface area contributed by atoms with Crippen molar-refractivity contribution >= 4 is 16.8 Å². The number of fused-ring (bicyclic) bond motifs is 1. The van der Waals surface area contributed by atoms with E-state index in [9.17, 15) is 14.4 Å². The second-order valence-corrected chi connectivity index (χ2v) is 5.98. The van der Waals surface area contributed by atoms with Gasteiger partial charge in [0.15, 0.2) is 0 Å². The van der Waals surface area contributed by atoms with Crippen molar-refractivity contribution in [2.24, 2.45) is 0 Å². The highest BCUT2D eigenvalue weighted by Gasteiger charge is 2.19. The Kier molecular flexibility index (Phi) is 4.32. The zero-order chi connectivity index (χ0) is 16.4. The van der Waals surface area contributed by atoms with Crippen molar-refractivity contribution in [2.75, 3.05) is 0 Å². The summed E-state index contributed by atoms with van der Waals surface area (Å²) in [6.07, 6.45) is 4.26. The Labute approximate surface area is 133 Å². The molecule has 23 heavy (non-hydrogen) atoms. The molecule has 0 spiro atoms. The Morgan fingerprint density at radius 2 is 1.87 bits per heavy atom. The van der Waals surface area contributed by atoms with Gasteiger partial charge in [-0.3, -0.25) is 18.7 Å². The minimum absolute atomic E-state index is 0.0594. The maximum atomic E-state index is 12.6. The predicted octanol–water partition coefficient (Wildman–Crippen LogP) is 1.24. The quantitative estimate of drug-likeness (QED) is 0.922. The summed E-state index contributed by atoms with van der Waals surface area (Å²) in [6.45, 7) is 1.98. The first-order valence-electron chi connectivity index (χ1n) is 8.13. The van der Waals surface area contributed by atoms with Crippen LogP contribution in [0, 0.1) is 0 Å². The van der Waals surface area contributed by atoms with Crippen LogP contribution in [0.1, 0.15) is 32.6 Å². The number of benzene rings is 1. The number of nitrogens with zero attached hydrogens (tertiary/aromatic N) is 2. The smallest absolute Gasteiger partial charge is 0.331 e. The van der Waals surface area contributed by atoms with Gasteiger partial charge in [-0.25, -0.2) is 4.79 Å². The van der Waals surface area contributed by atoms with Gasteiger partial charge in [0.25, 0.3) is 5.56 Å². The van der Waals surface area contributed by atoms with Gasteiger partial charge in [-0.2, -0.15) is 0 Å². The minimum atomic E-state index is -0.433. The average Bonchev–Trinajstić information content (AvgIpc) is 3.05. The van der Waals surface area contributed by atoms with Crippen molar-refractivity contribution in [1.82, 2.24) is 14.5 Å². The molecule has 1 N–H and O–H groups in total. The molecule has 0 aliphatic heterocycles. The zero-order valence-electron chi connectivity index (χ0n) is 13.2. The van der Waals surface area contributed by atoms with Crippen LogP contribution < -0.4 is 16.6 Å². The maximum absolute atomic E-state index is 12.6. The lowest BCUT2D eigenvalue weighted by atomic mass is 10.2. The number of hydrogen-bond acceptors (Lipinski definition) is 3. The molecular weight excluding hydrogens is 294 g/mol. The van der Waals surface area contributed by atoms with Gasteiger partial charge < -0.3 is 5.32 Å². The molecule has 0 saturated heterocycles. The maximum Gasteiger partial charge on any atom is 0.331 e. The summed E-state index contributed by atoms with van der Waals surface area (Å²) in [5.41, 5.74) is -0.230. The zero-order valence-corrected chi connectivity index (χ0v) is 13.2. The summed E-state index contributed by atoms with van der Waals surface area (Å²) in [4.78, 5) is 37.2. The Morgan fingerprint density at radius 1 is 1.17 bits per heavy atom. The molecule has 3 rings (SSSR count). The van der Waals surface area contributed by atoms with E-state index in [1.807, 2.05) is 0 Å². The topological polar surface area (TPSA) is 73.1 Å². The molecule has 6 heteroatoms. The van der Waals surface area contributed by atoms with Gasteiger partial charge in [-0.05, 0) is 31.9 Å².